The lowest BCUT2D eigenvalue weighted by Gasteiger charge is -2.21. The van der Waals surface area contributed by atoms with Gasteiger partial charge in [-0.05, 0) is 25.0 Å². The van der Waals surface area contributed by atoms with Crippen LogP contribution in [0.3, 0.4) is 0 Å². The molecule has 1 aromatic heterocycles. The molecule has 5 heteroatoms. The lowest BCUT2D eigenvalue weighted by Crippen LogP contribution is -2.35. The van der Waals surface area contributed by atoms with Crippen molar-refractivity contribution in [1.82, 2.24) is 9.88 Å². The van der Waals surface area contributed by atoms with Gasteiger partial charge >= 0.3 is 0 Å². The zero-order valence-electron chi connectivity index (χ0n) is 9.67. The summed E-state index contributed by atoms with van der Waals surface area (Å²) in [6.45, 7) is 0.714. The van der Waals surface area contributed by atoms with Crippen LogP contribution in [0, 0.1) is 0 Å². The second-order valence-corrected chi connectivity index (χ2v) is 4.19. The van der Waals surface area contributed by atoms with Crippen molar-refractivity contribution in [3.05, 3.63) is 29.6 Å². The van der Waals surface area contributed by atoms with Crippen molar-refractivity contribution >= 4 is 5.91 Å². The Hall–Kier alpha value is -1.46. The van der Waals surface area contributed by atoms with Gasteiger partial charge in [0.2, 0.25) is 0 Å². The number of carbonyl (C=O) groups is 1. The molecule has 0 saturated heterocycles. The Morgan fingerprint density at radius 3 is 2.94 bits per heavy atom. The number of aliphatic hydroxyl groups is 1. The minimum atomic E-state index is -0.0429. The molecule has 5 nitrogen and oxygen atoms in total. The predicted molar refractivity (Wildman–Crippen MR) is 63.3 cm³/mol. The Labute approximate surface area is 100 Å². The Balaban J connectivity index is 2.15. The summed E-state index contributed by atoms with van der Waals surface area (Å²) in [5.41, 5.74) is 6.80. The van der Waals surface area contributed by atoms with Crippen molar-refractivity contribution in [3.63, 3.8) is 0 Å². The van der Waals surface area contributed by atoms with Crippen LogP contribution in [-0.2, 0) is 6.54 Å². The molecule has 1 aliphatic rings. The molecule has 92 valence electrons. The average Bonchev–Trinajstić information content (AvgIpc) is 3.19. The van der Waals surface area contributed by atoms with Gasteiger partial charge in [0.15, 0.2) is 0 Å². The number of carbonyl (C=O) groups excluding carboxylic acids is 1. The predicted octanol–water partition coefficient (Wildman–Crippen LogP) is 0.137. The van der Waals surface area contributed by atoms with Gasteiger partial charge in [0.1, 0.15) is 0 Å². The highest BCUT2D eigenvalue weighted by Crippen LogP contribution is 2.27. The summed E-state index contributed by atoms with van der Waals surface area (Å²) in [7, 11) is 0. The first-order valence-corrected chi connectivity index (χ1v) is 5.83. The van der Waals surface area contributed by atoms with E-state index >= 15 is 0 Å². The first kappa shape index (κ1) is 12.0. The number of aromatic nitrogens is 1. The number of pyridine rings is 1. The lowest BCUT2D eigenvalue weighted by molar-refractivity contribution is 0.0707. The summed E-state index contributed by atoms with van der Waals surface area (Å²) >= 11 is 0. The molecule has 0 spiro atoms. The molecule has 0 radical (unpaired) electrons. The Bertz CT molecular complexity index is 404. The molecule has 1 aromatic rings. The third kappa shape index (κ3) is 2.81. The standard InChI is InChI=1S/C12H17N3O2/c13-8-10-7-9(3-4-14-10)12(17)15(5-6-16)11-1-2-11/h3-4,7,11,16H,1-2,5-6,8,13H2. The van der Waals surface area contributed by atoms with Gasteiger partial charge in [0.25, 0.3) is 5.91 Å². The van der Waals surface area contributed by atoms with E-state index in [9.17, 15) is 4.79 Å². The molecular weight excluding hydrogens is 218 g/mol. The summed E-state index contributed by atoms with van der Waals surface area (Å²) < 4.78 is 0. The Morgan fingerprint density at radius 1 is 1.59 bits per heavy atom. The van der Waals surface area contributed by atoms with E-state index in [4.69, 9.17) is 10.8 Å². The molecule has 2 rings (SSSR count). The maximum absolute atomic E-state index is 12.2. The average molecular weight is 235 g/mol. The Kier molecular flexibility index (Phi) is 3.71. The molecule has 0 aromatic carbocycles. The van der Waals surface area contributed by atoms with Gasteiger partial charge in [-0.2, -0.15) is 0 Å². The van der Waals surface area contributed by atoms with Crippen molar-refractivity contribution in [2.45, 2.75) is 25.4 Å². The second-order valence-electron chi connectivity index (χ2n) is 4.19. The zero-order valence-corrected chi connectivity index (χ0v) is 9.67. The molecule has 0 aliphatic heterocycles. The van der Waals surface area contributed by atoms with E-state index in [0.29, 0.717) is 30.4 Å². The number of aliphatic hydroxyl groups excluding tert-OH is 1. The molecular formula is C12H17N3O2. The van der Waals surface area contributed by atoms with Crippen LogP contribution in [0.5, 0.6) is 0 Å². The third-order valence-corrected chi connectivity index (χ3v) is 2.86. The molecule has 1 saturated carbocycles. The molecule has 0 unspecified atom stereocenters. The minimum absolute atomic E-state index is 0.00291. The topological polar surface area (TPSA) is 79.5 Å². The smallest absolute Gasteiger partial charge is 0.254 e. The quantitative estimate of drug-likeness (QED) is 0.760. The van der Waals surface area contributed by atoms with Crippen LogP contribution >= 0.6 is 0 Å². The van der Waals surface area contributed by atoms with Crippen molar-refractivity contribution in [2.24, 2.45) is 5.73 Å². The van der Waals surface area contributed by atoms with Crippen LogP contribution in [0.4, 0.5) is 0 Å². The first-order valence-electron chi connectivity index (χ1n) is 5.83. The van der Waals surface area contributed by atoms with Gasteiger partial charge in [0.05, 0.1) is 12.3 Å². The Morgan fingerprint density at radius 2 is 2.35 bits per heavy atom. The normalized spacial score (nSPS) is 14.7. The maximum Gasteiger partial charge on any atom is 0.254 e. The van der Waals surface area contributed by atoms with Crippen LogP contribution < -0.4 is 5.73 Å². The number of amides is 1. The molecule has 1 heterocycles. The van der Waals surface area contributed by atoms with Crippen LogP contribution in [0.1, 0.15) is 28.9 Å². The SMILES string of the molecule is NCc1cc(C(=O)N(CCO)C2CC2)ccn1. The number of rotatable bonds is 5. The summed E-state index contributed by atoms with van der Waals surface area (Å²) in [5, 5.41) is 8.98. The van der Waals surface area contributed by atoms with Crippen LogP contribution in [-0.4, -0.2) is 40.1 Å². The van der Waals surface area contributed by atoms with E-state index in [1.165, 1.54) is 0 Å². The van der Waals surface area contributed by atoms with Crippen molar-refractivity contribution < 1.29 is 9.90 Å². The lowest BCUT2D eigenvalue weighted by atomic mass is 10.2. The van der Waals surface area contributed by atoms with E-state index in [1.807, 2.05) is 0 Å². The summed E-state index contributed by atoms with van der Waals surface area (Å²) in [6, 6.07) is 3.70. The molecule has 3 N–H and O–H groups in total. The van der Waals surface area contributed by atoms with E-state index in [1.54, 1.807) is 23.2 Å². The zero-order chi connectivity index (χ0) is 12.3. The van der Waals surface area contributed by atoms with Gasteiger partial charge < -0.3 is 15.7 Å². The van der Waals surface area contributed by atoms with Crippen LogP contribution in [0.15, 0.2) is 18.3 Å². The fraction of sp³-hybridized carbons (Fsp3) is 0.500. The molecule has 1 fully saturated rings. The third-order valence-electron chi connectivity index (χ3n) is 2.86. The highest BCUT2D eigenvalue weighted by atomic mass is 16.3. The highest BCUT2D eigenvalue weighted by molar-refractivity contribution is 5.94. The number of hydrogen-bond donors (Lipinski definition) is 2. The molecule has 0 bridgehead atoms. The minimum Gasteiger partial charge on any atom is -0.395 e. The van der Waals surface area contributed by atoms with Crippen LogP contribution in [0.2, 0.25) is 0 Å². The van der Waals surface area contributed by atoms with Gasteiger partial charge in [-0.1, -0.05) is 0 Å². The van der Waals surface area contributed by atoms with E-state index in [2.05, 4.69) is 4.98 Å². The first-order chi connectivity index (χ1) is 8.26. The van der Waals surface area contributed by atoms with Gasteiger partial charge in [-0.3, -0.25) is 9.78 Å². The van der Waals surface area contributed by atoms with Crippen molar-refractivity contribution in [2.75, 3.05) is 13.2 Å². The van der Waals surface area contributed by atoms with Gasteiger partial charge in [0, 0.05) is 30.9 Å². The summed E-state index contributed by atoms with van der Waals surface area (Å²) in [6.07, 6.45) is 3.65. The fourth-order valence-electron chi connectivity index (χ4n) is 1.83. The summed E-state index contributed by atoms with van der Waals surface area (Å²) in [4.78, 5) is 18.0. The highest BCUT2D eigenvalue weighted by Gasteiger charge is 2.32. The fourth-order valence-corrected chi connectivity index (χ4v) is 1.83. The second kappa shape index (κ2) is 5.25. The van der Waals surface area contributed by atoms with Gasteiger partial charge in [-0.25, -0.2) is 0 Å². The number of nitrogens with two attached hydrogens (primary N) is 1. The molecule has 0 atom stereocenters. The van der Waals surface area contributed by atoms with E-state index in [0.717, 1.165) is 12.8 Å². The van der Waals surface area contributed by atoms with Crippen molar-refractivity contribution in [3.8, 4) is 0 Å². The van der Waals surface area contributed by atoms with E-state index < -0.39 is 0 Å². The summed E-state index contributed by atoms with van der Waals surface area (Å²) in [5.74, 6) is -0.0429. The maximum atomic E-state index is 12.2. The molecule has 17 heavy (non-hydrogen) atoms. The molecule has 1 aliphatic carbocycles. The number of nitrogens with zero attached hydrogens (tertiary/aromatic N) is 2. The monoisotopic (exact) mass is 235 g/mol. The molecule has 1 amide bonds. The van der Waals surface area contributed by atoms with E-state index in [-0.39, 0.29) is 12.5 Å². The van der Waals surface area contributed by atoms with Crippen molar-refractivity contribution in [1.29, 1.82) is 0 Å². The number of hydrogen-bond acceptors (Lipinski definition) is 4. The van der Waals surface area contributed by atoms with Crippen LogP contribution in [0.25, 0.3) is 0 Å². The van der Waals surface area contributed by atoms with Gasteiger partial charge in [-0.15, -0.1) is 0 Å². The largest absolute Gasteiger partial charge is 0.395 e.